The Kier molecular flexibility index (Phi) is 24.5. The third-order valence-electron chi connectivity index (χ3n) is 19.1. The Morgan fingerprint density at radius 3 is 1.39 bits per heavy atom. The molecule has 4 saturated heterocycles. The second-order valence-corrected chi connectivity index (χ2v) is 35.0. The Morgan fingerprint density at radius 2 is 0.971 bits per heavy atom. The molecule has 0 atom stereocenters. The van der Waals surface area contributed by atoms with E-state index < -0.39 is 14.2 Å². The summed E-state index contributed by atoms with van der Waals surface area (Å²) in [5.41, 5.74) is 10.2. The monoisotopic (exact) mass is 1600 g/mol. The summed E-state index contributed by atoms with van der Waals surface area (Å²) in [6, 6.07) is 41.1. The Hall–Kier alpha value is -7.00. The maximum absolute atomic E-state index is 13.7. The van der Waals surface area contributed by atoms with Crippen molar-refractivity contribution in [1.29, 1.82) is 0 Å². The number of nitrogens with zero attached hydrogens (tertiary/aromatic N) is 10. The number of aliphatic hydroxyl groups is 1. The number of fused-ring (bicyclic) bond motifs is 5. The van der Waals surface area contributed by atoms with Gasteiger partial charge in [0.2, 0.25) is 0 Å². The molecule has 6 aromatic heterocycles. The second-order valence-electron chi connectivity index (χ2n) is 26.9. The summed E-state index contributed by atoms with van der Waals surface area (Å²) < 4.78 is 38.7. The van der Waals surface area contributed by atoms with Crippen LogP contribution in [0.4, 0.5) is 17.1 Å². The van der Waals surface area contributed by atoms with Gasteiger partial charge < -0.3 is 61.9 Å². The molecule has 0 saturated carbocycles. The number of halogens is 6. The molecule has 2 N–H and O–H groups in total. The fraction of sp³-hybridized carbons (Fsp3) is 0.342. The van der Waals surface area contributed by atoms with Crippen molar-refractivity contribution in [3.63, 3.8) is 0 Å². The molecule has 0 spiro atoms. The van der Waals surface area contributed by atoms with Gasteiger partial charge in [0.15, 0.2) is 8.32 Å². The molecule has 102 heavy (non-hydrogen) atoms. The topological polar surface area (TPSA) is 190 Å². The minimum Gasteiger partial charge on any atom is -0.415 e. The maximum atomic E-state index is 13.7. The number of rotatable bonds is 17. The molecular formula is C76H81Br2Cl4N11O8Si. The summed E-state index contributed by atoms with van der Waals surface area (Å²) in [6.07, 6.45) is 17.4. The lowest BCUT2D eigenvalue weighted by molar-refractivity contribution is -0.0214. The van der Waals surface area contributed by atoms with Gasteiger partial charge in [0, 0.05) is 114 Å². The maximum Gasteiger partial charge on any atom is 0.264 e. The lowest BCUT2D eigenvalue weighted by Crippen LogP contribution is -2.43. The van der Waals surface area contributed by atoms with Crippen molar-refractivity contribution in [2.75, 3.05) is 101 Å². The largest absolute Gasteiger partial charge is 0.415 e. The van der Waals surface area contributed by atoms with E-state index in [1.165, 1.54) is 56.2 Å². The quantitative estimate of drug-likeness (QED) is 0.0647. The van der Waals surface area contributed by atoms with E-state index in [0.717, 1.165) is 82.3 Å². The van der Waals surface area contributed by atoms with Gasteiger partial charge in [-0.1, -0.05) is 124 Å². The van der Waals surface area contributed by atoms with Crippen LogP contribution in [0.3, 0.4) is 0 Å². The highest BCUT2D eigenvalue weighted by atomic mass is 79.9. The number of carbonyl (C=O) groups excluding carboxylic acids is 2. The molecule has 5 aromatic carbocycles. The Labute approximate surface area is 631 Å². The average Bonchev–Trinajstić information content (AvgIpc) is 1.54. The SMILES string of the molecule is Brc1ccc2c(c1)C=CC2.Brc1ccc2c(ccn2C2COC2)c1.CC(C)(C)[Si](C)(C)OCCN(C(=O)c1c(Cl)ncnc1Cl)c1ccc2c(ccn2C2COC2)c1.CCCNc1ccc2c(ccn2C2COC2)c1.O=C(c1c(Cl)ncnc1Cl)N(CCO)c1ccc2c(ccn2C2COC2)c1. The van der Waals surface area contributed by atoms with Crippen LogP contribution in [0.2, 0.25) is 38.7 Å². The molecule has 11 aromatic rings. The third-order valence-corrected chi connectivity index (χ3v) is 25.8. The van der Waals surface area contributed by atoms with Crippen molar-refractivity contribution in [3.8, 4) is 0 Å². The number of hydrogen-bond acceptors (Lipinski definition) is 13. The van der Waals surface area contributed by atoms with Crippen molar-refractivity contribution in [2.45, 2.75) is 82.8 Å². The highest BCUT2D eigenvalue weighted by molar-refractivity contribution is 9.10. The van der Waals surface area contributed by atoms with E-state index in [-0.39, 0.29) is 55.8 Å². The van der Waals surface area contributed by atoms with E-state index in [9.17, 15) is 14.7 Å². The zero-order chi connectivity index (χ0) is 71.8. The van der Waals surface area contributed by atoms with Crippen LogP contribution in [0.1, 0.15) is 90.1 Å². The highest BCUT2D eigenvalue weighted by Crippen LogP contribution is 2.38. The molecule has 10 heterocycles. The molecule has 2 amide bonds. The van der Waals surface area contributed by atoms with Crippen LogP contribution in [-0.4, -0.2) is 149 Å². The van der Waals surface area contributed by atoms with Crippen molar-refractivity contribution < 1.29 is 38.1 Å². The van der Waals surface area contributed by atoms with E-state index in [4.69, 9.17) is 69.8 Å². The molecule has 0 bridgehead atoms. The van der Waals surface area contributed by atoms with Gasteiger partial charge in [-0.15, -0.1) is 0 Å². The number of benzene rings is 5. The van der Waals surface area contributed by atoms with Crippen molar-refractivity contribution in [1.82, 2.24) is 38.2 Å². The summed E-state index contributed by atoms with van der Waals surface area (Å²) in [4.78, 5) is 45.3. The fourth-order valence-electron chi connectivity index (χ4n) is 12.1. The van der Waals surface area contributed by atoms with Gasteiger partial charge in [0.05, 0.1) is 90.2 Å². The number of anilines is 3. The molecule has 4 fully saturated rings. The highest BCUT2D eigenvalue weighted by Gasteiger charge is 2.38. The molecule has 0 radical (unpaired) electrons. The molecule has 26 heteroatoms. The zero-order valence-electron chi connectivity index (χ0n) is 57.5. The smallest absolute Gasteiger partial charge is 0.264 e. The van der Waals surface area contributed by atoms with Crippen LogP contribution in [0.5, 0.6) is 0 Å². The minimum absolute atomic E-state index is 0.0126. The summed E-state index contributed by atoms with van der Waals surface area (Å²) in [5, 5.41) is 17.5. The van der Waals surface area contributed by atoms with Gasteiger partial charge in [-0.2, -0.15) is 0 Å². The fourth-order valence-corrected chi connectivity index (χ4v) is 14.8. The van der Waals surface area contributed by atoms with Crippen LogP contribution in [0.25, 0.3) is 49.7 Å². The Bertz CT molecular complexity index is 4770. The summed E-state index contributed by atoms with van der Waals surface area (Å²) in [5.74, 6) is -0.827. The first-order valence-corrected chi connectivity index (χ1v) is 40.0. The van der Waals surface area contributed by atoms with Gasteiger partial charge in [-0.25, -0.2) is 19.9 Å². The summed E-state index contributed by atoms with van der Waals surface area (Å²) in [6.45, 7) is 21.0. The molecule has 534 valence electrons. The van der Waals surface area contributed by atoms with E-state index in [0.29, 0.717) is 69.4 Å². The lowest BCUT2D eigenvalue weighted by atomic mass is 10.1. The van der Waals surface area contributed by atoms with Crippen molar-refractivity contribution in [2.24, 2.45) is 0 Å². The van der Waals surface area contributed by atoms with Gasteiger partial charge in [0.25, 0.3) is 11.8 Å². The Morgan fingerprint density at radius 1 is 0.569 bits per heavy atom. The Balaban J connectivity index is 0.000000128. The first-order chi connectivity index (χ1) is 49.2. The lowest BCUT2D eigenvalue weighted by Gasteiger charge is -2.37. The minimum atomic E-state index is -1.99. The number of hydrogen-bond donors (Lipinski definition) is 2. The molecule has 19 nitrogen and oxygen atoms in total. The van der Waals surface area contributed by atoms with E-state index in [2.05, 4.69) is 220 Å². The van der Waals surface area contributed by atoms with Crippen molar-refractivity contribution >= 4 is 165 Å². The third kappa shape index (κ3) is 17.0. The number of carbonyl (C=O) groups is 2. The van der Waals surface area contributed by atoms with E-state index in [1.54, 1.807) is 4.90 Å². The van der Waals surface area contributed by atoms with E-state index in [1.807, 2.05) is 48.7 Å². The van der Waals surface area contributed by atoms with Gasteiger partial charge >= 0.3 is 0 Å². The van der Waals surface area contributed by atoms with Crippen molar-refractivity contribution in [3.05, 3.63) is 211 Å². The van der Waals surface area contributed by atoms with Crippen LogP contribution in [-0.2, 0) is 29.8 Å². The first-order valence-electron chi connectivity index (χ1n) is 34.0. The standard InChI is InChI=1S/C24H30Cl2N4O3Si.C18H16Cl2N4O3.C14H18N2O.C11H10BrNO.C9H7Br/c1-24(2,3)34(4,5)33-11-10-30(23(31)20-21(25)27-15-28-22(20)26)17-6-7-19-16(12-17)8-9-29(19)18-13-32-14-18;19-16-15(17(20)22-10-21-16)18(26)24(5-6-25)12-1-2-14-11(7-12)3-4-23(14)13-8-27-9-13;1-2-6-15-12-3-4-14-11(8-12)5-7-16(14)13-9-17-10-13;12-9-1-2-11-8(5-9)3-4-13(11)10-6-14-7-10;10-9-5-4-7-2-1-3-8(7)6-9/h6-9,12,15,18H,10-11,13-14H2,1-5H3;1-4,7,10,13,25H,5-6,8-9H2;3-5,7-8,13,15H,2,6,9-10H2,1H3;1-5,10H,6-7H2;1,3-6H,2H2. The first kappa shape index (κ1) is 74.7. The summed E-state index contributed by atoms with van der Waals surface area (Å²) in [7, 11) is -1.99. The van der Waals surface area contributed by atoms with Crippen LogP contribution < -0.4 is 15.1 Å². The number of allylic oxidation sites excluding steroid dienone is 1. The molecule has 1 aliphatic carbocycles. The zero-order valence-corrected chi connectivity index (χ0v) is 64.7. The summed E-state index contributed by atoms with van der Waals surface area (Å²) >= 11 is 31.5. The molecule has 5 aliphatic rings. The van der Waals surface area contributed by atoms with Gasteiger partial charge in [-0.3, -0.25) is 9.59 Å². The number of nitrogens with one attached hydrogen (secondary N) is 1. The van der Waals surface area contributed by atoms with Gasteiger partial charge in [0.1, 0.15) is 44.4 Å². The number of aromatic nitrogens is 8. The second kappa shape index (κ2) is 33.4. The van der Waals surface area contributed by atoms with Crippen LogP contribution in [0.15, 0.2) is 168 Å². The predicted molar refractivity (Wildman–Crippen MR) is 418 cm³/mol. The molecule has 16 rings (SSSR count). The van der Waals surface area contributed by atoms with E-state index >= 15 is 0 Å². The predicted octanol–water partition coefficient (Wildman–Crippen LogP) is 18.0. The molecule has 0 unspecified atom stereocenters. The average molecular weight is 1610 g/mol. The van der Waals surface area contributed by atoms with Crippen LogP contribution >= 0.6 is 78.3 Å². The number of ether oxygens (including phenoxy) is 4. The normalized spacial score (nSPS) is 15.1. The molecule has 4 aliphatic heterocycles. The number of amides is 2. The molecular weight excluding hydrogens is 1520 g/mol. The number of aliphatic hydroxyl groups excluding tert-OH is 1. The van der Waals surface area contributed by atoms with Gasteiger partial charge in [-0.05, 0) is 151 Å². The van der Waals surface area contributed by atoms with Crippen LogP contribution in [0, 0.1) is 0 Å².